The Morgan fingerprint density at radius 3 is 2.20 bits per heavy atom. The SMILES string of the molecule is O=C(CCCN1C(=O)c2ccccc2C1=O)Nc1ccc(NC(=O)c2ccco2)cc1C(F)(F)F. The van der Waals surface area contributed by atoms with Gasteiger partial charge in [0.25, 0.3) is 17.7 Å². The zero-order chi connectivity index (χ0) is 25.2. The largest absolute Gasteiger partial charge is 0.459 e. The highest BCUT2D eigenvalue weighted by Gasteiger charge is 2.36. The van der Waals surface area contributed by atoms with Crippen molar-refractivity contribution < 1.29 is 36.8 Å². The van der Waals surface area contributed by atoms with E-state index in [0.717, 1.165) is 11.0 Å². The zero-order valence-electron chi connectivity index (χ0n) is 18.0. The van der Waals surface area contributed by atoms with Gasteiger partial charge in [-0.1, -0.05) is 12.1 Å². The molecule has 35 heavy (non-hydrogen) atoms. The minimum atomic E-state index is -4.81. The van der Waals surface area contributed by atoms with Gasteiger partial charge in [0.2, 0.25) is 5.91 Å². The molecule has 1 aliphatic rings. The van der Waals surface area contributed by atoms with E-state index in [0.29, 0.717) is 6.07 Å². The van der Waals surface area contributed by atoms with Crippen molar-refractivity contribution in [1.29, 1.82) is 0 Å². The molecule has 4 amide bonds. The fourth-order valence-electron chi connectivity index (χ4n) is 3.62. The number of benzene rings is 2. The molecule has 0 fully saturated rings. The number of carbonyl (C=O) groups is 4. The summed E-state index contributed by atoms with van der Waals surface area (Å²) in [6, 6.07) is 12.1. The number of nitrogens with one attached hydrogen (secondary N) is 2. The van der Waals surface area contributed by atoms with Gasteiger partial charge in [0.1, 0.15) is 0 Å². The third-order valence-electron chi connectivity index (χ3n) is 5.27. The van der Waals surface area contributed by atoms with Crippen molar-refractivity contribution in [2.24, 2.45) is 0 Å². The van der Waals surface area contributed by atoms with Crippen LogP contribution in [0, 0.1) is 0 Å². The molecule has 180 valence electrons. The number of rotatable bonds is 7. The number of furan rings is 1. The van der Waals surface area contributed by atoms with E-state index in [-0.39, 0.29) is 42.0 Å². The van der Waals surface area contributed by atoms with Crippen molar-refractivity contribution in [1.82, 2.24) is 4.90 Å². The molecule has 0 aliphatic carbocycles. The minimum Gasteiger partial charge on any atom is -0.459 e. The molecule has 0 atom stereocenters. The first-order chi connectivity index (χ1) is 16.6. The lowest BCUT2D eigenvalue weighted by Gasteiger charge is -2.16. The van der Waals surface area contributed by atoms with E-state index >= 15 is 0 Å². The van der Waals surface area contributed by atoms with Gasteiger partial charge in [-0.05, 0) is 48.9 Å². The van der Waals surface area contributed by atoms with Crippen LogP contribution in [0.3, 0.4) is 0 Å². The van der Waals surface area contributed by atoms with Gasteiger partial charge in [-0.2, -0.15) is 13.2 Å². The van der Waals surface area contributed by atoms with E-state index < -0.39 is 41.1 Å². The highest BCUT2D eigenvalue weighted by molar-refractivity contribution is 6.21. The molecule has 3 aromatic rings. The van der Waals surface area contributed by atoms with Gasteiger partial charge in [0.15, 0.2) is 5.76 Å². The molecule has 0 radical (unpaired) electrons. The second kappa shape index (κ2) is 9.45. The maximum absolute atomic E-state index is 13.6. The van der Waals surface area contributed by atoms with E-state index in [1.807, 2.05) is 0 Å². The summed E-state index contributed by atoms with van der Waals surface area (Å²) in [5.74, 6) is -2.48. The Hall–Kier alpha value is -4.41. The summed E-state index contributed by atoms with van der Waals surface area (Å²) >= 11 is 0. The maximum atomic E-state index is 13.6. The van der Waals surface area contributed by atoms with Crippen molar-refractivity contribution in [2.75, 3.05) is 17.2 Å². The van der Waals surface area contributed by atoms with E-state index in [4.69, 9.17) is 4.42 Å². The Labute approximate surface area is 196 Å². The number of hydrogen-bond acceptors (Lipinski definition) is 5. The van der Waals surface area contributed by atoms with Crippen LogP contribution in [0.5, 0.6) is 0 Å². The van der Waals surface area contributed by atoms with Crippen LogP contribution < -0.4 is 10.6 Å². The molecule has 4 rings (SSSR count). The average molecular weight is 485 g/mol. The molecule has 1 aromatic heterocycles. The molecule has 0 unspecified atom stereocenters. The number of nitrogens with zero attached hydrogens (tertiary/aromatic N) is 1. The molecular formula is C24H18F3N3O5. The standard InChI is InChI=1S/C24H18F3N3O5/c25-24(26,27)17-13-14(28-21(32)19-7-4-12-35-19)9-10-18(17)29-20(31)8-3-11-30-22(33)15-5-1-2-6-16(15)23(30)34/h1-2,4-7,9-10,12-13H,3,8,11H2,(H,28,32)(H,29,31). The number of fused-ring (bicyclic) bond motifs is 1. The second-order valence-corrected chi connectivity index (χ2v) is 7.65. The summed E-state index contributed by atoms with van der Waals surface area (Å²) < 4.78 is 45.7. The van der Waals surface area contributed by atoms with Gasteiger partial charge in [0.05, 0.1) is 28.6 Å². The minimum absolute atomic E-state index is 0.0519. The van der Waals surface area contributed by atoms with Crippen LogP contribution in [0.1, 0.15) is 49.7 Å². The first kappa shape index (κ1) is 23.7. The first-order valence-corrected chi connectivity index (χ1v) is 10.5. The number of halogens is 3. The first-order valence-electron chi connectivity index (χ1n) is 10.5. The van der Waals surface area contributed by atoms with Crippen LogP contribution in [0.2, 0.25) is 0 Å². The lowest BCUT2D eigenvalue weighted by Crippen LogP contribution is -2.31. The van der Waals surface area contributed by atoms with E-state index in [1.54, 1.807) is 12.1 Å². The number of alkyl halides is 3. The van der Waals surface area contributed by atoms with Gasteiger partial charge >= 0.3 is 6.18 Å². The van der Waals surface area contributed by atoms with Crippen LogP contribution in [-0.2, 0) is 11.0 Å². The Balaban J connectivity index is 1.38. The number of imide groups is 1. The molecule has 0 bridgehead atoms. The second-order valence-electron chi connectivity index (χ2n) is 7.65. The number of amides is 4. The normalized spacial score (nSPS) is 13.1. The Bertz CT molecular complexity index is 1270. The van der Waals surface area contributed by atoms with Crippen molar-refractivity contribution in [3.05, 3.63) is 83.3 Å². The van der Waals surface area contributed by atoms with Gasteiger partial charge in [-0.25, -0.2) is 0 Å². The van der Waals surface area contributed by atoms with Crippen LogP contribution in [0.4, 0.5) is 24.5 Å². The summed E-state index contributed by atoms with van der Waals surface area (Å²) in [4.78, 5) is 50.1. The summed E-state index contributed by atoms with van der Waals surface area (Å²) in [5, 5.41) is 4.52. The summed E-state index contributed by atoms with van der Waals surface area (Å²) in [6.07, 6.45) is -3.71. The Morgan fingerprint density at radius 2 is 1.60 bits per heavy atom. The van der Waals surface area contributed by atoms with Crippen LogP contribution >= 0.6 is 0 Å². The molecule has 2 aromatic carbocycles. The third kappa shape index (κ3) is 5.08. The molecule has 0 saturated carbocycles. The lowest BCUT2D eigenvalue weighted by molar-refractivity contribution is -0.136. The van der Waals surface area contributed by atoms with Crippen molar-refractivity contribution in [3.63, 3.8) is 0 Å². The van der Waals surface area contributed by atoms with Crippen LogP contribution in [0.25, 0.3) is 0 Å². The number of anilines is 2. The van der Waals surface area contributed by atoms with E-state index in [9.17, 15) is 32.3 Å². The van der Waals surface area contributed by atoms with Crippen LogP contribution in [0.15, 0.2) is 65.3 Å². The maximum Gasteiger partial charge on any atom is 0.418 e. The quantitative estimate of drug-likeness (QED) is 0.477. The van der Waals surface area contributed by atoms with E-state index in [1.165, 1.54) is 36.6 Å². The average Bonchev–Trinajstić information content (AvgIpc) is 3.43. The van der Waals surface area contributed by atoms with Gasteiger partial charge in [-0.3, -0.25) is 24.1 Å². The monoisotopic (exact) mass is 485 g/mol. The summed E-state index contributed by atoms with van der Waals surface area (Å²) in [6.45, 7) is -0.0519. The van der Waals surface area contributed by atoms with Crippen molar-refractivity contribution in [3.8, 4) is 0 Å². The lowest BCUT2D eigenvalue weighted by atomic mass is 10.1. The molecule has 0 saturated heterocycles. The smallest absolute Gasteiger partial charge is 0.418 e. The van der Waals surface area contributed by atoms with Crippen LogP contribution in [-0.4, -0.2) is 35.1 Å². The molecule has 1 aliphatic heterocycles. The predicted molar refractivity (Wildman–Crippen MR) is 118 cm³/mol. The third-order valence-corrected chi connectivity index (χ3v) is 5.27. The van der Waals surface area contributed by atoms with E-state index in [2.05, 4.69) is 10.6 Å². The predicted octanol–water partition coefficient (Wildman–Crippen LogP) is 4.57. The zero-order valence-corrected chi connectivity index (χ0v) is 18.0. The molecule has 11 heteroatoms. The number of hydrogen-bond donors (Lipinski definition) is 2. The van der Waals surface area contributed by atoms with Gasteiger partial charge in [-0.15, -0.1) is 0 Å². The molecular weight excluding hydrogens is 467 g/mol. The number of carbonyl (C=O) groups excluding carboxylic acids is 4. The van der Waals surface area contributed by atoms with Crippen molar-refractivity contribution >= 4 is 35.0 Å². The highest BCUT2D eigenvalue weighted by atomic mass is 19.4. The summed E-state index contributed by atoms with van der Waals surface area (Å²) in [7, 11) is 0. The van der Waals surface area contributed by atoms with Crippen molar-refractivity contribution in [2.45, 2.75) is 19.0 Å². The Morgan fingerprint density at radius 1 is 0.914 bits per heavy atom. The van der Waals surface area contributed by atoms with Gasteiger partial charge in [0, 0.05) is 18.7 Å². The highest BCUT2D eigenvalue weighted by Crippen LogP contribution is 2.37. The fourth-order valence-corrected chi connectivity index (χ4v) is 3.62. The molecule has 2 N–H and O–H groups in total. The molecule has 0 spiro atoms. The summed E-state index contributed by atoms with van der Waals surface area (Å²) in [5.41, 5.74) is -1.22. The topological polar surface area (TPSA) is 109 Å². The molecule has 2 heterocycles. The molecule has 8 nitrogen and oxygen atoms in total. The fraction of sp³-hybridized carbons (Fsp3) is 0.167. The van der Waals surface area contributed by atoms with Gasteiger partial charge < -0.3 is 15.1 Å². The Kier molecular flexibility index (Phi) is 6.41.